The van der Waals surface area contributed by atoms with E-state index in [4.69, 9.17) is 4.99 Å². The Morgan fingerprint density at radius 2 is 0.947 bits per heavy atom. The van der Waals surface area contributed by atoms with Crippen LogP contribution >= 0.6 is 0 Å². The van der Waals surface area contributed by atoms with Gasteiger partial charge in [0.05, 0.1) is 11.4 Å². The molecule has 10 rings (SSSR count). The lowest BCUT2D eigenvalue weighted by atomic mass is 9.81. The summed E-state index contributed by atoms with van der Waals surface area (Å²) in [5, 5.41) is 4.88. The fourth-order valence-corrected chi connectivity index (χ4v) is 9.02. The predicted octanol–water partition coefficient (Wildman–Crippen LogP) is 15.1. The molecule has 0 amide bonds. The smallest absolute Gasteiger partial charge is 0.0781 e. The van der Waals surface area contributed by atoms with Crippen molar-refractivity contribution in [2.75, 3.05) is 0 Å². The van der Waals surface area contributed by atoms with Gasteiger partial charge in [0.15, 0.2) is 0 Å². The second-order valence-corrected chi connectivity index (χ2v) is 15.6. The van der Waals surface area contributed by atoms with E-state index in [0.29, 0.717) is 0 Å². The van der Waals surface area contributed by atoms with E-state index in [1.165, 1.54) is 71.6 Å². The Morgan fingerprint density at radius 3 is 1.68 bits per heavy atom. The Labute approximate surface area is 335 Å². The maximum atomic E-state index is 5.35. The molecule has 9 aromatic carbocycles. The highest BCUT2D eigenvalue weighted by atomic mass is 14.7. The van der Waals surface area contributed by atoms with E-state index in [1.807, 2.05) is 12.1 Å². The number of rotatable bonds is 7. The van der Waals surface area contributed by atoms with Gasteiger partial charge in [-0.15, -0.1) is 0 Å². The fourth-order valence-electron chi connectivity index (χ4n) is 9.02. The van der Waals surface area contributed by atoms with E-state index in [2.05, 4.69) is 208 Å². The first kappa shape index (κ1) is 34.4. The molecule has 0 fully saturated rings. The standard InChI is InChI=1S/C56H41N/c1-37(38-18-7-4-8-19-38)55(40-22-11-6-12-23-40)57-44-25-17-24-42(34-44)53-46-27-13-14-28-47(46)54(50-35-41(30-32-48(50)53)39-20-9-5-10-21-39)43-31-33-52-49(36-43)45-26-15-16-29-51(45)56(52,2)3/h4-36H,1H2,2-3H3/b57-55+. The molecule has 0 aromatic heterocycles. The van der Waals surface area contributed by atoms with Crippen LogP contribution in [0.4, 0.5) is 5.69 Å². The molecular weight excluding hydrogens is 687 g/mol. The molecule has 57 heavy (non-hydrogen) atoms. The van der Waals surface area contributed by atoms with Crippen LogP contribution in [0.25, 0.3) is 71.6 Å². The molecule has 0 aliphatic heterocycles. The van der Waals surface area contributed by atoms with Crippen LogP contribution < -0.4 is 0 Å². The van der Waals surface area contributed by atoms with Crippen molar-refractivity contribution < 1.29 is 0 Å². The zero-order chi connectivity index (χ0) is 38.5. The van der Waals surface area contributed by atoms with Gasteiger partial charge in [-0.3, -0.25) is 0 Å². The van der Waals surface area contributed by atoms with Crippen molar-refractivity contribution >= 4 is 38.5 Å². The lowest BCUT2D eigenvalue weighted by molar-refractivity contribution is 0.660. The Bertz CT molecular complexity index is 3020. The van der Waals surface area contributed by atoms with E-state index in [0.717, 1.165) is 33.7 Å². The van der Waals surface area contributed by atoms with Gasteiger partial charge in [-0.05, 0) is 107 Å². The van der Waals surface area contributed by atoms with E-state index < -0.39 is 0 Å². The minimum atomic E-state index is -0.0553. The normalized spacial score (nSPS) is 13.1. The van der Waals surface area contributed by atoms with Crippen molar-refractivity contribution in [1.29, 1.82) is 0 Å². The van der Waals surface area contributed by atoms with E-state index in [9.17, 15) is 0 Å². The summed E-state index contributed by atoms with van der Waals surface area (Å²) in [6.45, 7) is 9.24. The molecule has 0 spiro atoms. The van der Waals surface area contributed by atoms with Gasteiger partial charge < -0.3 is 0 Å². The van der Waals surface area contributed by atoms with Crippen LogP contribution in [0.2, 0.25) is 0 Å². The van der Waals surface area contributed by atoms with Crippen LogP contribution in [0, 0.1) is 0 Å². The van der Waals surface area contributed by atoms with Crippen LogP contribution in [0.5, 0.6) is 0 Å². The number of hydrogen-bond donors (Lipinski definition) is 0. The van der Waals surface area contributed by atoms with Crippen LogP contribution in [-0.4, -0.2) is 5.71 Å². The third kappa shape index (κ3) is 5.91. The monoisotopic (exact) mass is 727 g/mol. The highest BCUT2D eigenvalue weighted by Crippen LogP contribution is 2.51. The molecule has 0 radical (unpaired) electrons. The second-order valence-electron chi connectivity index (χ2n) is 15.6. The number of aliphatic imine (C=N–C) groups is 1. The van der Waals surface area contributed by atoms with E-state index in [1.54, 1.807) is 0 Å². The number of fused-ring (bicyclic) bond motifs is 5. The lowest BCUT2D eigenvalue weighted by Gasteiger charge is -2.22. The summed E-state index contributed by atoms with van der Waals surface area (Å²) in [4.78, 5) is 5.35. The highest BCUT2D eigenvalue weighted by molar-refractivity contribution is 6.32. The SMILES string of the molecule is C=C(/C(=N\c1cccc(-c2c3ccccc3c(-c3ccc4c(c3)-c3ccccc3C4(C)C)c3cc(-c4ccccc4)ccc23)c1)c1ccccc1)c1ccccc1. The quantitative estimate of drug-likeness (QED) is 0.114. The lowest BCUT2D eigenvalue weighted by Crippen LogP contribution is -2.14. The van der Waals surface area contributed by atoms with Gasteiger partial charge in [-0.25, -0.2) is 4.99 Å². The van der Waals surface area contributed by atoms with Crippen LogP contribution in [0.3, 0.4) is 0 Å². The molecule has 0 bridgehead atoms. The Morgan fingerprint density at radius 1 is 0.404 bits per heavy atom. The Balaban J connectivity index is 1.22. The summed E-state index contributed by atoms with van der Waals surface area (Å²) in [7, 11) is 0. The average molecular weight is 728 g/mol. The molecule has 0 unspecified atom stereocenters. The molecule has 0 atom stereocenters. The number of nitrogens with zero attached hydrogens (tertiary/aromatic N) is 1. The molecule has 0 heterocycles. The maximum Gasteiger partial charge on any atom is 0.0781 e. The molecule has 1 nitrogen and oxygen atoms in total. The van der Waals surface area contributed by atoms with Crippen molar-refractivity contribution in [3.63, 3.8) is 0 Å². The molecule has 1 heteroatoms. The minimum Gasteiger partial charge on any atom is -0.248 e. The van der Waals surface area contributed by atoms with Gasteiger partial charge in [-0.1, -0.05) is 196 Å². The van der Waals surface area contributed by atoms with Crippen LogP contribution in [0.15, 0.2) is 212 Å². The zero-order valence-electron chi connectivity index (χ0n) is 32.2. The van der Waals surface area contributed by atoms with Crippen LogP contribution in [-0.2, 0) is 5.41 Å². The first-order chi connectivity index (χ1) is 28.0. The van der Waals surface area contributed by atoms with Crippen molar-refractivity contribution in [3.8, 4) is 44.5 Å². The van der Waals surface area contributed by atoms with Crippen molar-refractivity contribution in [3.05, 3.63) is 229 Å². The highest BCUT2D eigenvalue weighted by Gasteiger charge is 2.35. The number of allylic oxidation sites excluding steroid dienone is 1. The van der Waals surface area contributed by atoms with Gasteiger partial charge >= 0.3 is 0 Å². The maximum absolute atomic E-state index is 5.35. The second kappa shape index (κ2) is 13.9. The van der Waals surface area contributed by atoms with Gasteiger partial charge in [0.25, 0.3) is 0 Å². The van der Waals surface area contributed by atoms with Gasteiger partial charge in [0, 0.05) is 16.6 Å². The van der Waals surface area contributed by atoms with Gasteiger partial charge in [0.1, 0.15) is 0 Å². The van der Waals surface area contributed by atoms with E-state index in [-0.39, 0.29) is 5.41 Å². The summed E-state index contributed by atoms with van der Waals surface area (Å²) >= 11 is 0. The molecule has 9 aromatic rings. The molecule has 0 N–H and O–H groups in total. The zero-order valence-corrected chi connectivity index (χ0v) is 32.2. The number of benzene rings is 9. The van der Waals surface area contributed by atoms with Crippen molar-refractivity contribution in [2.24, 2.45) is 4.99 Å². The first-order valence-corrected chi connectivity index (χ1v) is 19.7. The molecular formula is C56H41N. The molecule has 0 saturated heterocycles. The van der Waals surface area contributed by atoms with Gasteiger partial charge in [-0.2, -0.15) is 0 Å². The fraction of sp³-hybridized carbons (Fsp3) is 0.0536. The third-order valence-corrected chi connectivity index (χ3v) is 11.8. The Kier molecular flexibility index (Phi) is 8.38. The molecule has 270 valence electrons. The molecule has 1 aliphatic rings. The molecule has 1 aliphatic carbocycles. The van der Waals surface area contributed by atoms with E-state index >= 15 is 0 Å². The largest absolute Gasteiger partial charge is 0.248 e. The summed E-state index contributed by atoms with van der Waals surface area (Å²) in [5.74, 6) is 0. The topological polar surface area (TPSA) is 12.4 Å². The average Bonchev–Trinajstić information content (AvgIpc) is 3.50. The predicted molar refractivity (Wildman–Crippen MR) is 243 cm³/mol. The van der Waals surface area contributed by atoms with Crippen molar-refractivity contribution in [2.45, 2.75) is 19.3 Å². The summed E-state index contributed by atoms with van der Waals surface area (Å²) in [6.07, 6.45) is 0. The summed E-state index contributed by atoms with van der Waals surface area (Å²) in [5.41, 5.74) is 17.3. The molecule has 0 saturated carbocycles. The first-order valence-electron chi connectivity index (χ1n) is 19.7. The van der Waals surface area contributed by atoms with Crippen molar-refractivity contribution in [1.82, 2.24) is 0 Å². The third-order valence-electron chi connectivity index (χ3n) is 11.8. The van der Waals surface area contributed by atoms with Gasteiger partial charge in [0.2, 0.25) is 0 Å². The van der Waals surface area contributed by atoms with Crippen LogP contribution in [0.1, 0.15) is 36.1 Å². The summed E-state index contributed by atoms with van der Waals surface area (Å²) < 4.78 is 0. The minimum absolute atomic E-state index is 0.0553. The summed E-state index contributed by atoms with van der Waals surface area (Å²) in [6, 6.07) is 72.1. The number of hydrogen-bond acceptors (Lipinski definition) is 1. The Hall–Kier alpha value is -7.09.